The van der Waals surface area contributed by atoms with Gasteiger partial charge in [-0.15, -0.1) is 24.8 Å². The summed E-state index contributed by atoms with van der Waals surface area (Å²) < 4.78 is 27.8. The Morgan fingerprint density at radius 3 is 2.31 bits per heavy atom. The fraction of sp³-hybridized carbons (Fsp3) is 0.400. The van der Waals surface area contributed by atoms with E-state index in [9.17, 15) is 18.7 Å². The second kappa shape index (κ2) is 11.9. The molecule has 1 aliphatic rings. The number of Topliss-reactive ketones (excluding diaryl/α,β-unsaturated/α-hetero) is 1. The quantitative estimate of drug-likeness (QED) is 0.391. The number of carbonyl (C=O) groups excluding carboxylic acids is 1. The first-order chi connectivity index (χ1) is 15.7. The highest BCUT2D eigenvalue weighted by Crippen LogP contribution is 2.33. The number of phenolic OH excluding ortho intramolecular Hbond substituents is 1. The molecule has 1 aliphatic carbocycles. The molecule has 0 aliphatic heterocycles. The fourth-order valence-corrected chi connectivity index (χ4v) is 4.56. The van der Waals surface area contributed by atoms with E-state index in [4.69, 9.17) is 0 Å². The highest BCUT2D eigenvalue weighted by atomic mass is 35.5. The lowest BCUT2D eigenvalue weighted by Crippen LogP contribution is -2.31. The highest BCUT2D eigenvalue weighted by Gasteiger charge is 2.24. The van der Waals surface area contributed by atoms with Crippen molar-refractivity contribution in [1.29, 1.82) is 0 Å². The van der Waals surface area contributed by atoms with E-state index in [1.165, 1.54) is 6.92 Å². The predicted molar refractivity (Wildman–Crippen MR) is 139 cm³/mol. The van der Waals surface area contributed by atoms with Gasteiger partial charge < -0.3 is 15.3 Å². The van der Waals surface area contributed by atoms with Gasteiger partial charge in [0, 0.05) is 24.3 Å². The van der Waals surface area contributed by atoms with Crippen molar-refractivity contribution < 1.29 is 18.7 Å². The Balaban J connectivity index is 0.00000216. The van der Waals surface area contributed by atoms with E-state index in [1.807, 2.05) is 0 Å². The predicted octanol–water partition coefficient (Wildman–Crippen LogP) is 5.86. The summed E-state index contributed by atoms with van der Waals surface area (Å²) >= 11 is 0. The molecular formula is C25H30Cl2F2N4O2. The van der Waals surface area contributed by atoms with Crippen LogP contribution < -0.4 is 5.32 Å². The van der Waals surface area contributed by atoms with Crippen LogP contribution in [0, 0.1) is 17.6 Å². The zero-order chi connectivity index (χ0) is 23.7. The molecule has 190 valence electrons. The Bertz CT molecular complexity index is 1180. The number of aromatic hydroxyl groups is 1. The molecule has 1 aromatic carbocycles. The zero-order valence-electron chi connectivity index (χ0n) is 19.8. The van der Waals surface area contributed by atoms with Gasteiger partial charge in [0.05, 0.1) is 22.5 Å². The molecular weight excluding hydrogens is 497 g/mol. The SMILES string of the molecule is CC(=O)c1cnc2ccc(-c3cc(F)c(O)c(F)c3)nc2c1NC1CCC(CN(C)C)CC1.Cl.Cl. The van der Waals surface area contributed by atoms with Crippen molar-refractivity contribution >= 4 is 47.3 Å². The number of benzene rings is 1. The average molecular weight is 527 g/mol. The smallest absolute Gasteiger partial charge is 0.187 e. The molecule has 3 aromatic rings. The molecule has 2 N–H and O–H groups in total. The Kier molecular flexibility index (Phi) is 9.77. The molecule has 0 unspecified atom stereocenters. The second-order valence-electron chi connectivity index (χ2n) is 9.08. The van der Waals surface area contributed by atoms with Crippen LogP contribution in [-0.2, 0) is 0 Å². The number of fused-ring (bicyclic) bond motifs is 1. The largest absolute Gasteiger partial charge is 0.503 e. The van der Waals surface area contributed by atoms with E-state index < -0.39 is 17.4 Å². The number of rotatable bonds is 6. The van der Waals surface area contributed by atoms with E-state index >= 15 is 0 Å². The minimum absolute atomic E-state index is 0. The number of hydrogen-bond acceptors (Lipinski definition) is 6. The maximum Gasteiger partial charge on any atom is 0.187 e. The summed E-state index contributed by atoms with van der Waals surface area (Å²) in [7, 11) is 4.17. The van der Waals surface area contributed by atoms with Crippen LogP contribution in [0.3, 0.4) is 0 Å². The molecule has 0 amide bonds. The maximum atomic E-state index is 13.9. The summed E-state index contributed by atoms with van der Waals surface area (Å²) in [6.07, 6.45) is 5.70. The number of hydrogen-bond donors (Lipinski definition) is 2. The van der Waals surface area contributed by atoms with Crippen molar-refractivity contribution in [2.75, 3.05) is 26.0 Å². The lowest BCUT2D eigenvalue weighted by Gasteiger charge is -2.31. The van der Waals surface area contributed by atoms with Crippen LogP contribution in [0.1, 0.15) is 43.0 Å². The van der Waals surface area contributed by atoms with Crippen LogP contribution in [0.25, 0.3) is 22.3 Å². The molecule has 2 heterocycles. The molecule has 0 spiro atoms. The third kappa shape index (κ3) is 6.37. The average Bonchev–Trinajstić information content (AvgIpc) is 2.77. The van der Waals surface area contributed by atoms with Crippen molar-refractivity contribution in [3.63, 3.8) is 0 Å². The number of halogens is 4. The molecule has 35 heavy (non-hydrogen) atoms. The first-order valence-corrected chi connectivity index (χ1v) is 11.1. The van der Waals surface area contributed by atoms with Gasteiger partial charge >= 0.3 is 0 Å². The van der Waals surface area contributed by atoms with Gasteiger partial charge in [-0.2, -0.15) is 0 Å². The van der Waals surface area contributed by atoms with Gasteiger partial charge in [-0.1, -0.05) is 0 Å². The van der Waals surface area contributed by atoms with E-state index in [0.29, 0.717) is 33.9 Å². The van der Waals surface area contributed by atoms with E-state index in [-0.39, 0.29) is 42.2 Å². The van der Waals surface area contributed by atoms with Gasteiger partial charge in [0.1, 0.15) is 5.52 Å². The number of carbonyl (C=O) groups is 1. The van der Waals surface area contributed by atoms with Crippen LogP contribution in [0.5, 0.6) is 5.75 Å². The van der Waals surface area contributed by atoms with E-state index in [2.05, 4.69) is 34.3 Å². The lowest BCUT2D eigenvalue weighted by atomic mass is 9.85. The Morgan fingerprint density at radius 1 is 1.11 bits per heavy atom. The summed E-state index contributed by atoms with van der Waals surface area (Å²) in [5, 5.41) is 12.9. The standard InChI is InChI=1S/C25H28F2N4O2.2ClH/c1-14(32)18-12-28-22-9-8-21(16-10-19(26)25(33)20(27)11-16)30-24(22)23(18)29-17-6-4-15(5-7-17)13-31(2)3;;/h8-12,15,17,33H,4-7,13H2,1-3H3,(H,28,29);2*1H. The Labute approximate surface area is 216 Å². The first kappa shape index (κ1) is 28.7. The van der Waals surface area contributed by atoms with E-state index in [0.717, 1.165) is 44.4 Å². The van der Waals surface area contributed by atoms with Gasteiger partial charge in [-0.25, -0.2) is 13.8 Å². The fourth-order valence-electron chi connectivity index (χ4n) is 4.56. The number of phenols is 1. The van der Waals surface area contributed by atoms with Crippen LogP contribution in [-0.4, -0.2) is 52.4 Å². The Hall–Kier alpha value is -2.55. The molecule has 0 radical (unpaired) electrons. The van der Waals surface area contributed by atoms with Crippen LogP contribution in [0.15, 0.2) is 30.5 Å². The summed E-state index contributed by atoms with van der Waals surface area (Å²) in [6.45, 7) is 2.55. The number of pyridine rings is 2. The molecule has 0 saturated heterocycles. The monoisotopic (exact) mass is 526 g/mol. The molecule has 2 aromatic heterocycles. The van der Waals surface area contributed by atoms with Crippen LogP contribution in [0.2, 0.25) is 0 Å². The highest BCUT2D eigenvalue weighted by molar-refractivity contribution is 6.06. The molecule has 10 heteroatoms. The van der Waals surface area contributed by atoms with Crippen molar-refractivity contribution in [3.05, 3.63) is 47.7 Å². The van der Waals surface area contributed by atoms with Gasteiger partial charge in [0.15, 0.2) is 23.2 Å². The minimum Gasteiger partial charge on any atom is -0.503 e. The summed E-state index contributed by atoms with van der Waals surface area (Å²) in [6, 6.07) is 5.59. The van der Waals surface area contributed by atoms with Gasteiger partial charge in [0.25, 0.3) is 0 Å². The number of nitrogens with zero attached hydrogens (tertiary/aromatic N) is 3. The number of ketones is 1. The first-order valence-electron chi connectivity index (χ1n) is 11.1. The van der Waals surface area contributed by atoms with E-state index in [1.54, 1.807) is 18.3 Å². The number of aromatic nitrogens is 2. The number of anilines is 1. The van der Waals surface area contributed by atoms with Crippen LogP contribution in [0.4, 0.5) is 14.5 Å². The third-order valence-electron chi connectivity index (χ3n) is 6.22. The zero-order valence-corrected chi connectivity index (χ0v) is 21.5. The molecule has 0 bridgehead atoms. The normalized spacial score (nSPS) is 17.5. The van der Waals surface area contributed by atoms with Crippen molar-refractivity contribution in [1.82, 2.24) is 14.9 Å². The van der Waals surface area contributed by atoms with Gasteiger partial charge in [0.2, 0.25) is 0 Å². The summed E-state index contributed by atoms with van der Waals surface area (Å²) in [4.78, 5) is 23.6. The molecule has 0 atom stereocenters. The van der Waals surface area contributed by atoms with Crippen molar-refractivity contribution in [2.45, 2.75) is 38.6 Å². The van der Waals surface area contributed by atoms with Gasteiger partial charge in [-0.05, 0) is 76.9 Å². The van der Waals surface area contributed by atoms with Crippen molar-refractivity contribution in [3.8, 4) is 17.0 Å². The topological polar surface area (TPSA) is 78.3 Å². The molecule has 1 fully saturated rings. The molecule has 6 nitrogen and oxygen atoms in total. The summed E-state index contributed by atoms with van der Waals surface area (Å²) in [5.41, 5.74) is 2.60. The maximum absolute atomic E-state index is 13.9. The van der Waals surface area contributed by atoms with Gasteiger partial charge in [-0.3, -0.25) is 9.78 Å². The summed E-state index contributed by atoms with van der Waals surface area (Å²) in [5.74, 6) is -2.62. The minimum atomic E-state index is -1.06. The third-order valence-corrected chi connectivity index (χ3v) is 6.22. The molecule has 1 saturated carbocycles. The van der Waals surface area contributed by atoms with Crippen molar-refractivity contribution in [2.24, 2.45) is 5.92 Å². The molecule has 4 rings (SSSR count). The number of nitrogens with one attached hydrogen (secondary N) is 1. The lowest BCUT2D eigenvalue weighted by molar-refractivity contribution is 0.101. The van der Waals surface area contributed by atoms with Crippen LogP contribution >= 0.6 is 24.8 Å². The Morgan fingerprint density at radius 2 is 1.74 bits per heavy atom. The second-order valence-corrected chi connectivity index (χ2v) is 9.08.